The second-order valence-electron chi connectivity index (χ2n) is 5.80. The zero-order valence-electron chi connectivity index (χ0n) is 14.1. The zero-order chi connectivity index (χ0) is 16.1. The molecule has 2 rings (SSSR count). The lowest BCUT2D eigenvalue weighted by Gasteiger charge is -2.15. The fourth-order valence-electron chi connectivity index (χ4n) is 2.23. The minimum absolute atomic E-state index is 0.122. The maximum atomic E-state index is 5.81. The van der Waals surface area contributed by atoms with Crippen LogP contribution in [0.1, 0.15) is 30.5 Å². The predicted molar refractivity (Wildman–Crippen MR) is 92.0 cm³/mol. The van der Waals surface area contributed by atoms with Gasteiger partial charge in [0.15, 0.2) is 11.5 Å². The molecule has 0 aromatic heterocycles. The van der Waals surface area contributed by atoms with Crippen molar-refractivity contribution in [1.29, 1.82) is 0 Å². The fraction of sp³-hybridized carbons (Fsp3) is 0.368. The van der Waals surface area contributed by atoms with Crippen LogP contribution in [0.5, 0.6) is 11.5 Å². The average molecular weight is 299 g/mol. The van der Waals surface area contributed by atoms with Crippen LogP contribution in [-0.4, -0.2) is 13.2 Å². The maximum absolute atomic E-state index is 5.81. The van der Waals surface area contributed by atoms with Crippen LogP contribution in [0, 0.1) is 13.8 Å². The van der Waals surface area contributed by atoms with Crippen molar-refractivity contribution in [3.63, 3.8) is 0 Å². The molecular formula is C19H25NO2. The molecule has 0 radical (unpaired) electrons. The van der Waals surface area contributed by atoms with Crippen molar-refractivity contribution in [3.8, 4) is 11.5 Å². The smallest absolute Gasteiger partial charge is 0.161 e. The van der Waals surface area contributed by atoms with Crippen LogP contribution < -0.4 is 14.8 Å². The number of methoxy groups -OCH3 is 1. The summed E-state index contributed by atoms with van der Waals surface area (Å²) in [5.74, 6) is 1.56. The van der Waals surface area contributed by atoms with Gasteiger partial charge in [-0.1, -0.05) is 12.1 Å². The van der Waals surface area contributed by atoms with E-state index in [2.05, 4.69) is 43.4 Å². The van der Waals surface area contributed by atoms with Gasteiger partial charge in [0, 0.05) is 12.2 Å². The molecular weight excluding hydrogens is 274 g/mol. The van der Waals surface area contributed by atoms with Crippen molar-refractivity contribution in [2.45, 2.75) is 40.3 Å². The molecule has 0 aliphatic carbocycles. The first-order valence-electron chi connectivity index (χ1n) is 7.64. The Balaban J connectivity index is 2.10. The van der Waals surface area contributed by atoms with E-state index in [1.165, 1.54) is 11.1 Å². The van der Waals surface area contributed by atoms with Gasteiger partial charge in [-0.05, 0) is 68.7 Å². The van der Waals surface area contributed by atoms with Gasteiger partial charge in [-0.25, -0.2) is 0 Å². The molecule has 2 aromatic carbocycles. The van der Waals surface area contributed by atoms with Crippen LogP contribution in [0.25, 0.3) is 0 Å². The predicted octanol–water partition coefficient (Wildman–Crippen LogP) is 4.71. The molecule has 3 nitrogen and oxygen atoms in total. The molecule has 22 heavy (non-hydrogen) atoms. The van der Waals surface area contributed by atoms with Crippen LogP contribution in [0.4, 0.5) is 5.69 Å². The van der Waals surface area contributed by atoms with Gasteiger partial charge < -0.3 is 14.8 Å². The number of hydrogen-bond acceptors (Lipinski definition) is 3. The Bertz CT molecular complexity index is 635. The molecule has 118 valence electrons. The number of hydrogen-bond donors (Lipinski definition) is 1. The highest BCUT2D eigenvalue weighted by Crippen LogP contribution is 2.29. The van der Waals surface area contributed by atoms with Gasteiger partial charge in [-0.15, -0.1) is 0 Å². The number of aryl methyl sites for hydroxylation is 2. The Morgan fingerprint density at radius 2 is 1.73 bits per heavy atom. The Morgan fingerprint density at radius 3 is 2.36 bits per heavy atom. The number of rotatable bonds is 6. The molecule has 0 heterocycles. The second-order valence-corrected chi connectivity index (χ2v) is 5.80. The summed E-state index contributed by atoms with van der Waals surface area (Å²) < 4.78 is 11.2. The van der Waals surface area contributed by atoms with E-state index < -0.39 is 0 Å². The third-order valence-corrected chi connectivity index (χ3v) is 3.59. The molecule has 0 aliphatic rings. The number of benzene rings is 2. The maximum Gasteiger partial charge on any atom is 0.161 e. The standard InChI is InChI=1S/C19H25NO2/c1-13(2)22-19-11-16(7-9-18(19)21-5)12-20-17-8-6-14(3)15(4)10-17/h6-11,13,20H,12H2,1-5H3. The van der Waals surface area contributed by atoms with Gasteiger partial charge in [0.25, 0.3) is 0 Å². The van der Waals surface area contributed by atoms with E-state index in [-0.39, 0.29) is 6.10 Å². The third-order valence-electron chi connectivity index (χ3n) is 3.59. The first-order valence-corrected chi connectivity index (χ1v) is 7.64. The number of anilines is 1. The van der Waals surface area contributed by atoms with E-state index in [1.807, 2.05) is 26.0 Å². The molecule has 0 fully saturated rings. The van der Waals surface area contributed by atoms with Crippen molar-refractivity contribution < 1.29 is 9.47 Å². The summed E-state index contributed by atoms with van der Waals surface area (Å²) in [6, 6.07) is 12.5. The lowest BCUT2D eigenvalue weighted by Crippen LogP contribution is -2.08. The van der Waals surface area contributed by atoms with Gasteiger partial charge in [0.05, 0.1) is 13.2 Å². The van der Waals surface area contributed by atoms with E-state index in [1.54, 1.807) is 7.11 Å². The van der Waals surface area contributed by atoms with Gasteiger partial charge in [-0.2, -0.15) is 0 Å². The van der Waals surface area contributed by atoms with Gasteiger partial charge in [-0.3, -0.25) is 0 Å². The van der Waals surface area contributed by atoms with Crippen LogP contribution in [0.2, 0.25) is 0 Å². The van der Waals surface area contributed by atoms with Crippen LogP contribution in [-0.2, 0) is 6.54 Å². The van der Waals surface area contributed by atoms with Crippen molar-refractivity contribution >= 4 is 5.69 Å². The molecule has 2 aromatic rings. The van der Waals surface area contributed by atoms with Crippen molar-refractivity contribution in [1.82, 2.24) is 0 Å². The normalized spacial score (nSPS) is 10.6. The second kappa shape index (κ2) is 7.21. The van der Waals surface area contributed by atoms with E-state index in [4.69, 9.17) is 9.47 Å². The molecule has 0 saturated heterocycles. The van der Waals surface area contributed by atoms with E-state index in [0.717, 1.165) is 29.3 Å². The average Bonchev–Trinajstić information content (AvgIpc) is 2.48. The molecule has 1 N–H and O–H groups in total. The lowest BCUT2D eigenvalue weighted by atomic mass is 10.1. The topological polar surface area (TPSA) is 30.5 Å². The van der Waals surface area contributed by atoms with Crippen LogP contribution >= 0.6 is 0 Å². The van der Waals surface area contributed by atoms with Crippen LogP contribution in [0.15, 0.2) is 36.4 Å². The molecule has 0 aliphatic heterocycles. The third kappa shape index (κ3) is 4.17. The summed E-state index contributed by atoms with van der Waals surface area (Å²) in [6.45, 7) is 9.03. The number of ether oxygens (including phenoxy) is 2. The molecule has 0 amide bonds. The van der Waals surface area contributed by atoms with Crippen molar-refractivity contribution in [2.75, 3.05) is 12.4 Å². The molecule has 3 heteroatoms. The molecule has 0 bridgehead atoms. The largest absolute Gasteiger partial charge is 0.493 e. The Labute approximate surface area is 133 Å². The monoisotopic (exact) mass is 299 g/mol. The van der Waals surface area contributed by atoms with Gasteiger partial charge in [0.2, 0.25) is 0 Å². The number of nitrogens with one attached hydrogen (secondary N) is 1. The van der Waals surface area contributed by atoms with Crippen molar-refractivity contribution in [2.24, 2.45) is 0 Å². The molecule has 0 saturated carbocycles. The first-order chi connectivity index (χ1) is 10.5. The highest BCUT2D eigenvalue weighted by molar-refractivity contribution is 5.49. The molecule has 0 spiro atoms. The zero-order valence-corrected chi connectivity index (χ0v) is 14.1. The van der Waals surface area contributed by atoms with Gasteiger partial charge >= 0.3 is 0 Å². The Kier molecular flexibility index (Phi) is 5.31. The molecule has 0 atom stereocenters. The molecule has 0 unspecified atom stereocenters. The Morgan fingerprint density at radius 1 is 0.955 bits per heavy atom. The summed E-state index contributed by atoms with van der Waals surface area (Å²) in [4.78, 5) is 0. The summed E-state index contributed by atoms with van der Waals surface area (Å²) >= 11 is 0. The fourth-order valence-corrected chi connectivity index (χ4v) is 2.23. The van der Waals surface area contributed by atoms with E-state index in [0.29, 0.717) is 0 Å². The first kappa shape index (κ1) is 16.2. The van der Waals surface area contributed by atoms with Gasteiger partial charge in [0.1, 0.15) is 0 Å². The minimum atomic E-state index is 0.122. The van der Waals surface area contributed by atoms with E-state index >= 15 is 0 Å². The Hall–Kier alpha value is -2.16. The summed E-state index contributed by atoms with van der Waals surface area (Å²) in [5.41, 5.74) is 4.89. The highest BCUT2D eigenvalue weighted by Gasteiger charge is 2.07. The van der Waals surface area contributed by atoms with Crippen LogP contribution in [0.3, 0.4) is 0 Å². The minimum Gasteiger partial charge on any atom is -0.493 e. The summed E-state index contributed by atoms with van der Waals surface area (Å²) in [5, 5.41) is 3.45. The quantitative estimate of drug-likeness (QED) is 0.838. The van der Waals surface area contributed by atoms with Crippen molar-refractivity contribution in [3.05, 3.63) is 53.1 Å². The summed E-state index contributed by atoms with van der Waals surface area (Å²) in [6.07, 6.45) is 0.122. The highest BCUT2D eigenvalue weighted by atomic mass is 16.5. The van der Waals surface area contributed by atoms with E-state index in [9.17, 15) is 0 Å². The lowest BCUT2D eigenvalue weighted by molar-refractivity contribution is 0.230. The summed E-state index contributed by atoms with van der Waals surface area (Å²) in [7, 11) is 1.66. The SMILES string of the molecule is COc1ccc(CNc2ccc(C)c(C)c2)cc1OC(C)C.